The van der Waals surface area contributed by atoms with Crippen LogP contribution >= 0.6 is 23.2 Å². The van der Waals surface area contributed by atoms with E-state index in [1.54, 1.807) is 25.2 Å². The Hall–Kier alpha value is -1.78. The average Bonchev–Trinajstić information content (AvgIpc) is 2.39. The lowest BCUT2D eigenvalue weighted by Crippen LogP contribution is -2.27. The molecule has 1 amide bonds. The van der Waals surface area contributed by atoms with Crippen LogP contribution in [0.4, 0.5) is 10.1 Å². The fourth-order valence-corrected chi connectivity index (χ4v) is 2.53. The Morgan fingerprint density at radius 1 is 1.19 bits per heavy atom. The zero-order valence-corrected chi connectivity index (χ0v) is 12.7. The molecule has 0 radical (unpaired) electrons. The molecule has 2 N–H and O–H groups in total. The Morgan fingerprint density at radius 2 is 1.81 bits per heavy atom. The average molecular weight is 327 g/mol. The SMILES string of the molecule is CN(Cc1cc(Cl)cc(Cl)c1)C(=O)c1cc(N)ccc1F. The molecule has 2 aromatic rings. The third-order valence-electron chi connectivity index (χ3n) is 2.91. The number of nitrogens with zero attached hydrogens (tertiary/aromatic N) is 1. The molecule has 0 saturated heterocycles. The summed E-state index contributed by atoms with van der Waals surface area (Å²) < 4.78 is 13.7. The summed E-state index contributed by atoms with van der Waals surface area (Å²) in [6.07, 6.45) is 0. The Balaban J connectivity index is 2.21. The van der Waals surface area contributed by atoms with Crippen molar-refractivity contribution < 1.29 is 9.18 Å². The zero-order chi connectivity index (χ0) is 15.6. The van der Waals surface area contributed by atoms with E-state index in [0.717, 1.165) is 5.56 Å². The van der Waals surface area contributed by atoms with Crippen molar-refractivity contribution >= 4 is 34.8 Å². The van der Waals surface area contributed by atoms with Crippen LogP contribution in [-0.2, 0) is 6.54 Å². The number of carbonyl (C=O) groups is 1. The fraction of sp³-hybridized carbons (Fsp3) is 0.133. The van der Waals surface area contributed by atoms with Crippen molar-refractivity contribution in [2.75, 3.05) is 12.8 Å². The number of hydrogen-bond donors (Lipinski definition) is 1. The van der Waals surface area contributed by atoms with E-state index in [1.807, 2.05) is 0 Å². The maximum absolute atomic E-state index is 13.7. The Morgan fingerprint density at radius 3 is 2.43 bits per heavy atom. The van der Waals surface area contributed by atoms with Gasteiger partial charge in [-0.2, -0.15) is 0 Å². The number of amides is 1. The molecule has 21 heavy (non-hydrogen) atoms. The molecule has 0 spiro atoms. The largest absolute Gasteiger partial charge is 0.399 e. The summed E-state index contributed by atoms with van der Waals surface area (Å²) >= 11 is 11.8. The lowest BCUT2D eigenvalue weighted by atomic mass is 10.1. The summed E-state index contributed by atoms with van der Waals surface area (Å²) in [6, 6.07) is 8.90. The summed E-state index contributed by atoms with van der Waals surface area (Å²) in [6.45, 7) is 0.257. The maximum Gasteiger partial charge on any atom is 0.256 e. The molecule has 2 rings (SSSR count). The first kappa shape index (κ1) is 15.6. The molecule has 0 saturated carbocycles. The van der Waals surface area contributed by atoms with Crippen LogP contribution in [0.15, 0.2) is 36.4 Å². The summed E-state index contributed by atoms with van der Waals surface area (Å²) in [5, 5.41) is 0.960. The van der Waals surface area contributed by atoms with E-state index in [0.29, 0.717) is 15.7 Å². The summed E-state index contributed by atoms with van der Waals surface area (Å²) in [5.41, 5.74) is 6.61. The molecule has 6 heteroatoms. The molecule has 0 fully saturated rings. The van der Waals surface area contributed by atoms with Crippen molar-refractivity contribution in [3.63, 3.8) is 0 Å². The number of anilines is 1. The van der Waals surface area contributed by atoms with E-state index in [-0.39, 0.29) is 12.1 Å². The molecule has 0 heterocycles. The highest BCUT2D eigenvalue weighted by Crippen LogP contribution is 2.21. The monoisotopic (exact) mass is 326 g/mol. The molecule has 0 atom stereocenters. The van der Waals surface area contributed by atoms with Crippen molar-refractivity contribution in [1.29, 1.82) is 0 Å². The van der Waals surface area contributed by atoms with Gasteiger partial charge in [-0.25, -0.2) is 4.39 Å². The lowest BCUT2D eigenvalue weighted by molar-refractivity contribution is 0.0780. The lowest BCUT2D eigenvalue weighted by Gasteiger charge is -2.18. The van der Waals surface area contributed by atoms with Crippen molar-refractivity contribution in [1.82, 2.24) is 4.90 Å². The Labute approximate surface area is 132 Å². The van der Waals surface area contributed by atoms with Gasteiger partial charge in [-0.05, 0) is 42.0 Å². The predicted molar refractivity (Wildman–Crippen MR) is 83.1 cm³/mol. The number of rotatable bonds is 3. The molecule has 3 nitrogen and oxygen atoms in total. The van der Waals surface area contributed by atoms with Gasteiger partial charge in [0.2, 0.25) is 0 Å². The number of nitrogen functional groups attached to an aromatic ring is 1. The molecule has 2 aromatic carbocycles. The van der Waals surface area contributed by atoms with Crippen molar-refractivity contribution in [3.05, 3.63) is 63.4 Å². The van der Waals surface area contributed by atoms with Gasteiger partial charge >= 0.3 is 0 Å². The molecule has 0 unspecified atom stereocenters. The highest BCUT2D eigenvalue weighted by molar-refractivity contribution is 6.34. The molecule has 0 bridgehead atoms. The first-order chi connectivity index (χ1) is 9.86. The summed E-state index contributed by atoms with van der Waals surface area (Å²) in [7, 11) is 1.57. The van der Waals surface area contributed by atoms with Crippen molar-refractivity contribution in [2.24, 2.45) is 0 Å². The van der Waals surface area contributed by atoms with Gasteiger partial charge in [0.25, 0.3) is 5.91 Å². The van der Waals surface area contributed by atoms with E-state index < -0.39 is 11.7 Å². The minimum Gasteiger partial charge on any atom is -0.399 e. The normalized spacial score (nSPS) is 10.5. The van der Waals surface area contributed by atoms with Gasteiger partial charge < -0.3 is 10.6 Å². The van der Waals surface area contributed by atoms with Crippen LogP contribution < -0.4 is 5.73 Å². The third kappa shape index (κ3) is 3.86. The third-order valence-corrected chi connectivity index (χ3v) is 3.35. The van der Waals surface area contributed by atoms with E-state index >= 15 is 0 Å². The summed E-state index contributed by atoms with van der Waals surface area (Å²) in [4.78, 5) is 13.6. The Bertz CT molecular complexity index is 671. The molecule has 110 valence electrons. The number of halogens is 3. The van der Waals surface area contributed by atoms with Gasteiger partial charge in [-0.3, -0.25) is 4.79 Å². The molecule has 0 aliphatic rings. The van der Waals surface area contributed by atoms with Gasteiger partial charge in [0.05, 0.1) is 5.56 Å². The number of nitrogens with two attached hydrogens (primary N) is 1. The predicted octanol–water partition coefficient (Wildman–Crippen LogP) is 3.99. The number of carbonyl (C=O) groups excluding carboxylic acids is 1. The smallest absolute Gasteiger partial charge is 0.256 e. The van der Waals surface area contributed by atoms with Crippen LogP contribution in [0.1, 0.15) is 15.9 Å². The molecule has 0 aromatic heterocycles. The molecule has 0 aliphatic carbocycles. The first-order valence-corrected chi connectivity index (χ1v) is 6.88. The van der Waals surface area contributed by atoms with Gasteiger partial charge in [-0.1, -0.05) is 23.2 Å². The number of benzene rings is 2. The van der Waals surface area contributed by atoms with Gasteiger partial charge in [0.1, 0.15) is 5.82 Å². The minimum absolute atomic E-state index is 0.0642. The van der Waals surface area contributed by atoms with Crippen molar-refractivity contribution in [2.45, 2.75) is 6.54 Å². The van der Waals surface area contributed by atoms with Crippen LogP contribution in [-0.4, -0.2) is 17.9 Å². The second-order valence-electron chi connectivity index (χ2n) is 4.68. The Kier molecular flexibility index (Phi) is 4.70. The van der Waals surface area contributed by atoms with Gasteiger partial charge in [0, 0.05) is 29.3 Å². The number of hydrogen-bond acceptors (Lipinski definition) is 2. The second kappa shape index (κ2) is 6.33. The van der Waals surface area contributed by atoms with Gasteiger partial charge in [0.15, 0.2) is 0 Å². The van der Waals surface area contributed by atoms with Crippen LogP contribution in [0.5, 0.6) is 0 Å². The van der Waals surface area contributed by atoms with Crippen LogP contribution in [0.2, 0.25) is 10.0 Å². The van der Waals surface area contributed by atoms with E-state index in [1.165, 1.54) is 23.1 Å². The topological polar surface area (TPSA) is 46.3 Å². The highest BCUT2D eigenvalue weighted by atomic mass is 35.5. The first-order valence-electron chi connectivity index (χ1n) is 6.12. The van der Waals surface area contributed by atoms with Crippen LogP contribution in [0.3, 0.4) is 0 Å². The molecular weight excluding hydrogens is 314 g/mol. The maximum atomic E-state index is 13.7. The summed E-state index contributed by atoms with van der Waals surface area (Å²) in [5.74, 6) is -1.07. The van der Waals surface area contributed by atoms with E-state index in [4.69, 9.17) is 28.9 Å². The second-order valence-corrected chi connectivity index (χ2v) is 5.55. The molecular formula is C15H13Cl2FN2O. The van der Waals surface area contributed by atoms with Crippen LogP contribution in [0.25, 0.3) is 0 Å². The van der Waals surface area contributed by atoms with E-state index in [2.05, 4.69) is 0 Å². The zero-order valence-electron chi connectivity index (χ0n) is 11.2. The fourth-order valence-electron chi connectivity index (χ4n) is 1.96. The quantitative estimate of drug-likeness (QED) is 0.867. The minimum atomic E-state index is -0.606. The van der Waals surface area contributed by atoms with E-state index in [9.17, 15) is 9.18 Å². The van der Waals surface area contributed by atoms with Crippen LogP contribution in [0, 0.1) is 5.82 Å². The van der Waals surface area contributed by atoms with Gasteiger partial charge in [-0.15, -0.1) is 0 Å². The molecule has 0 aliphatic heterocycles. The highest BCUT2D eigenvalue weighted by Gasteiger charge is 2.17. The van der Waals surface area contributed by atoms with Crippen molar-refractivity contribution in [3.8, 4) is 0 Å². The standard InChI is InChI=1S/C15H13Cl2FN2O/c1-20(8-9-4-10(16)6-11(17)5-9)15(21)13-7-12(19)2-3-14(13)18/h2-7H,8,19H2,1H3.